The predicted molar refractivity (Wildman–Crippen MR) is 233 cm³/mol. The molecule has 0 spiro atoms. The number of aliphatic hydroxyl groups is 1. The molecule has 6 heteroatoms. The van der Waals surface area contributed by atoms with Crippen LogP contribution in [0.4, 0.5) is 11.4 Å². The number of nitrogens with zero attached hydrogens (tertiary/aromatic N) is 2. The van der Waals surface area contributed by atoms with Gasteiger partial charge in [0.15, 0.2) is 5.71 Å². The Morgan fingerprint density at radius 1 is 0.732 bits per heavy atom. The number of carboxylic acids is 1. The van der Waals surface area contributed by atoms with Crippen LogP contribution in [-0.4, -0.2) is 45.8 Å². The Hall–Kier alpha value is -3.93. The van der Waals surface area contributed by atoms with Crippen molar-refractivity contribution in [2.45, 2.75) is 174 Å². The van der Waals surface area contributed by atoms with Crippen LogP contribution in [0.25, 0.3) is 0 Å². The van der Waals surface area contributed by atoms with Crippen LogP contribution in [0, 0.1) is 0 Å². The van der Waals surface area contributed by atoms with Crippen molar-refractivity contribution < 1.29 is 24.4 Å². The van der Waals surface area contributed by atoms with E-state index in [2.05, 4.69) is 56.0 Å². The first-order valence-corrected chi connectivity index (χ1v) is 22.3. The van der Waals surface area contributed by atoms with E-state index in [0.29, 0.717) is 11.1 Å². The molecule has 0 fully saturated rings. The number of hydrogen-bond donors (Lipinski definition) is 2. The van der Waals surface area contributed by atoms with Crippen molar-refractivity contribution in [3.63, 3.8) is 0 Å². The molecule has 1 unspecified atom stereocenters. The largest absolute Gasteiger partial charge is 0.506 e. The van der Waals surface area contributed by atoms with Crippen molar-refractivity contribution in [2.75, 3.05) is 18.5 Å². The van der Waals surface area contributed by atoms with Crippen LogP contribution < -0.4 is 4.90 Å². The molecule has 0 bridgehead atoms. The zero-order chi connectivity index (χ0) is 40.3. The van der Waals surface area contributed by atoms with Gasteiger partial charge in [0.1, 0.15) is 12.8 Å². The zero-order valence-electron chi connectivity index (χ0n) is 35.7. The number of allylic oxidation sites excluding steroid dienone is 5. The average Bonchev–Trinajstić information content (AvgIpc) is 3.55. The summed E-state index contributed by atoms with van der Waals surface area (Å²) in [4.78, 5) is 28.6. The van der Waals surface area contributed by atoms with Crippen LogP contribution in [0.1, 0.15) is 185 Å². The Morgan fingerprint density at radius 2 is 1.29 bits per heavy atom. The first kappa shape index (κ1) is 43.2. The normalized spacial score (nSPS) is 20.0. The lowest BCUT2D eigenvalue weighted by molar-refractivity contribution is -0.401. The third-order valence-electron chi connectivity index (χ3n) is 13.0. The van der Waals surface area contributed by atoms with Crippen LogP contribution in [0.5, 0.6) is 0 Å². The van der Waals surface area contributed by atoms with Crippen molar-refractivity contribution >= 4 is 28.8 Å². The van der Waals surface area contributed by atoms with E-state index in [1.54, 1.807) is 12.1 Å². The fourth-order valence-electron chi connectivity index (χ4n) is 9.62. The fourth-order valence-corrected chi connectivity index (χ4v) is 9.62. The van der Waals surface area contributed by atoms with Gasteiger partial charge >= 0.3 is 5.97 Å². The number of rotatable bonds is 24. The fraction of sp³-hybridized carbons (Fsp3) is 0.580. The molecule has 2 N–H and O–H groups in total. The summed E-state index contributed by atoms with van der Waals surface area (Å²) < 4.78 is 2.02. The van der Waals surface area contributed by atoms with Crippen LogP contribution in [0.15, 0.2) is 77.2 Å². The number of hydrogen-bond acceptors (Lipinski definition) is 4. The van der Waals surface area contributed by atoms with E-state index >= 15 is 0 Å². The van der Waals surface area contributed by atoms with Gasteiger partial charge in [-0.25, -0.2) is 4.79 Å². The number of ketones is 1. The van der Waals surface area contributed by atoms with Crippen molar-refractivity contribution in [3.8, 4) is 0 Å². The van der Waals surface area contributed by atoms with Crippen LogP contribution in [0.3, 0.4) is 0 Å². The molecule has 2 aromatic carbocycles. The maximum Gasteiger partial charge on any atom is 0.335 e. The molecule has 0 radical (unpaired) electrons. The van der Waals surface area contributed by atoms with Crippen LogP contribution >= 0.6 is 0 Å². The van der Waals surface area contributed by atoms with Gasteiger partial charge in [-0.15, -0.1) is 0 Å². The minimum absolute atomic E-state index is 0.0591. The molecular formula is C50H71N2O4+. The lowest BCUT2D eigenvalue weighted by Crippen LogP contribution is -2.34. The van der Waals surface area contributed by atoms with E-state index < -0.39 is 11.4 Å². The molecule has 56 heavy (non-hydrogen) atoms. The first-order chi connectivity index (χ1) is 27.0. The minimum Gasteiger partial charge on any atom is -0.506 e. The molecule has 2 aromatic rings. The SMILES string of the molecule is CCCCCCCCCCC1(CCCCCCCC)/C(=C/C2=C(O)C(=C\C3=[N+](C)c4ccc(C(=O)O)cc4C3(C)C)/C2=O)N(CCCCCC)c2ccccc21. The van der Waals surface area contributed by atoms with Gasteiger partial charge in [0.25, 0.3) is 0 Å². The van der Waals surface area contributed by atoms with E-state index in [0.717, 1.165) is 55.6 Å². The number of carboxylic acid groups (broad SMARTS) is 1. The predicted octanol–water partition coefficient (Wildman–Crippen LogP) is 13.2. The third kappa shape index (κ3) is 9.27. The number of carbonyl (C=O) groups is 2. The Labute approximate surface area is 338 Å². The zero-order valence-corrected chi connectivity index (χ0v) is 35.7. The Morgan fingerprint density at radius 3 is 1.86 bits per heavy atom. The quantitative estimate of drug-likeness (QED) is 0.0632. The van der Waals surface area contributed by atoms with Gasteiger partial charge in [0.2, 0.25) is 11.5 Å². The summed E-state index contributed by atoms with van der Waals surface area (Å²) >= 11 is 0. The first-order valence-electron chi connectivity index (χ1n) is 22.3. The van der Waals surface area contributed by atoms with Gasteiger partial charge in [-0.1, -0.05) is 148 Å². The van der Waals surface area contributed by atoms with Crippen molar-refractivity contribution in [2.24, 2.45) is 0 Å². The van der Waals surface area contributed by atoms with E-state index in [9.17, 15) is 19.8 Å². The van der Waals surface area contributed by atoms with Gasteiger partial charge in [-0.05, 0) is 62.9 Å². The van der Waals surface area contributed by atoms with Gasteiger partial charge in [0.05, 0.1) is 22.1 Å². The van der Waals surface area contributed by atoms with Gasteiger partial charge in [-0.2, -0.15) is 4.58 Å². The molecule has 2 heterocycles. The molecule has 304 valence electrons. The smallest absolute Gasteiger partial charge is 0.335 e. The molecule has 2 aliphatic heterocycles. The van der Waals surface area contributed by atoms with Crippen molar-refractivity contribution in [1.82, 2.24) is 0 Å². The summed E-state index contributed by atoms with van der Waals surface area (Å²) in [6, 6.07) is 14.2. The highest BCUT2D eigenvalue weighted by Gasteiger charge is 2.49. The number of carbonyl (C=O) groups excluding carboxylic acids is 1. The summed E-state index contributed by atoms with van der Waals surface area (Å²) in [6.45, 7) is 11.8. The van der Waals surface area contributed by atoms with E-state index in [1.807, 2.05) is 37.6 Å². The van der Waals surface area contributed by atoms with Crippen molar-refractivity contribution in [1.29, 1.82) is 0 Å². The number of aromatic carboxylic acids is 1. The number of Topliss-reactive ketones (excluding diaryl/α,β-unsaturated/α-hetero) is 1. The highest BCUT2D eigenvalue weighted by Crippen LogP contribution is 2.55. The Balaban J connectivity index is 1.53. The van der Waals surface area contributed by atoms with Crippen LogP contribution in [0.2, 0.25) is 0 Å². The molecule has 0 aromatic heterocycles. The lowest BCUT2D eigenvalue weighted by Gasteiger charge is -2.35. The summed E-state index contributed by atoms with van der Waals surface area (Å²) in [5, 5.41) is 21.5. The summed E-state index contributed by atoms with van der Waals surface area (Å²) in [5.74, 6) is -1.03. The molecule has 3 aliphatic rings. The Kier molecular flexibility index (Phi) is 15.4. The number of fused-ring (bicyclic) bond motifs is 2. The number of benzene rings is 2. The van der Waals surface area contributed by atoms with E-state index in [1.165, 1.54) is 113 Å². The van der Waals surface area contributed by atoms with E-state index in [4.69, 9.17) is 0 Å². The highest BCUT2D eigenvalue weighted by molar-refractivity contribution is 6.24. The monoisotopic (exact) mass is 764 g/mol. The second-order valence-corrected chi connectivity index (χ2v) is 17.3. The highest BCUT2D eigenvalue weighted by atomic mass is 16.4. The third-order valence-corrected chi connectivity index (χ3v) is 13.0. The van der Waals surface area contributed by atoms with Gasteiger partial charge < -0.3 is 15.1 Å². The van der Waals surface area contributed by atoms with Crippen molar-refractivity contribution in [3.05, 3.63) is 93.9 Å². The molecular weight excluding hydrogens is 693 g/mol. The summed E-state index contributed by atoms with van der Waals surface area (Å²) in [5.41, 5.74) is 6.72. The molecule has 6 nitrogen and oxygen atoms in total. The number of aliphatic hydroxyl groups excluding tert-OH is 1. The molecule has 0 saturated heterocycles. The summed E-state index contributed by atoms with van der Waals surface area (Å²) in [7, 11) is 1.95. The number of para-hydroxylation sites is 1. The average molecular weight is 764 g/mol. The molecule has 0 saturated carbocycles. The number of anilines is 1. The molecule has 1 aliphatic carbocycles. The van der Waals surface area contributed by atoms with Gasteiger partial charge in [0, 0.05) is 41.1 Å². The molecule has 5 rings (SSSR count). The topological polar surface area (TPSA) is 80.9 Å². The van der Waals surface area contributed by atoms with Gasteiger partial charge in [-0.3, -0.25) is 4.79 Å². The number of unbranched alkanes of at least 4 members (excludes halogenated alkanes) is 15. The maximum absolute atomic E-state index is 14.3. The van der Waals surface area contributed by atoms with Crippen LogP contribution in [-0.2, 0) is 15.6 Å². The maximum atomic E-state index is 14.3. The second-order valence-electron chi connectivity index (χ2n) is 17.3. The second kappa shape index (κ2) is 20.0. The minimum atomic E-state index is -0.964. The Bertz CT molecular complexity index is 1830. The molecule has 0 amide bonds. The standard InChI is InChI=1S/C50H70N2O4/c1-7-10-13-16-18-19-21-25-32-50(31-24-20-17-14-11-8-2)40-27-22-23-28-43(40)52(33-26-15-12-9-3)45(50)36-39-46(53)38(47(39)54)35-44-49(4,5)41-34-37(48(55)56)29-30-42(41)51(44)6/h22-23,27-30,34-36H,7-21,24-26,31-33H2,1-6H3,(H-,53,54,55,56)/p+1. The lowest BCUT2D eigenvalue weighted by atomic mass is 9.70. The van der Waals surface area contributed by atoms with E-state index in [-0.39, 0.29) is 22.5 Å². The summed E-state index contributed by atoms with van der Waals surface area (Å²) in [6.07, 6.45) is 28.2. The molecule has 1 atom stereocenters.